The van der Waals surface area contributed by atoms with Crippen molar-refractivity contribution in [3.05, 3.63) is 35.4 Å². The third-order valence-corrected chi connectivity index (χ3v) is 4.40. The first kappa shape index (κ1) is 14.7. The number of hydrogen-bond acceptors (Lipinski definition) is 3. The molecule has 0 aliphatic carbocycles. The van der Waals surface area contributed by atoms with Gasteiger partial charge in [0.15, 0.2) is 9.84 Å². The molecule has 0 aliphatic rings. The molecule has 0 aliphatic heterocycles. The predicted molar refractivity (Wildman–Crippen MR) is 72.1 cm³/mol. The van der Waals surface area contributed by atoms with Crippen molar-refractivity contribution >= 4 is 15.7 Å². The maximum atomic E-state index is 11.6. The van der Waals surface area contributed by atoms with E-state index in [0.29, 0.717) is 0 Å². The molecule has 1 rings (SSSR count). The molecule has 1 N–H and O–H groups in total. The summed E-state index contributed by atoms with van der Waals surface area (Å²) in [7, 11) is -3.27. The fourth-order valence-electron chi connectivity index (χ4n) is 1.74. The van der Waals surface area contributed by atoms with Crippen LogP contribution >= 0.6 is 0 Å². The van der Waals surface area contributed by atoms with Gasteiger partial charge in [-0.3, -0.25) is 4.79 Å². The average molecular weight is 269 g/mol. The van der Waals surface area contributed by atoms with Gasteiger partial charge in [-0.1, -0.05) is 31.2 Å². The highest BCUT2D eigenvalue weighted by Crippen LogP contribution is 2.16. The predicted octanol–water partition coefficient (Wildman–Crippen LogP) is 1.61. The molecule has 1 amide bonds. The second-order valence-electron chi connectivity index (χ2n) is 4.32. The zero-order valence-corrected chi connectivity index (χ0v) is 11.8. The van der Waals surface area contributed by atoms with Gasteiger partial charge >= 0.3 is 0 Å². The summed E-state index contributed by atoms with van der Waals surface area (Å²) >= 11 is 0. The zero-order chi connectivity index (χ0) is 13.8. The third kappa shape index (κ3) is 4.14. The molecular weight excluding hydrogens is 250 g/mol. The number of carbonyl (C=O) groups excluding carboxylic acids is 1. The standard InChI is InChI=1S/C13H19NO3S/c1-4-18(16,17)9-13(15)14-11(3)12-8-6-5-7-10(12)2/h5-8,11H,4,9H2,1-3H3,(H,14,15). The second kappa shape index (κ2) is 6.00. The molecule has 18 heavy (non-hydrogen) atoms. The highest BCUT2D eigenvalue weighted by molar-refractivity contribution is 7.92. The van der Waals surface area contributed by atoms with E-state index >= 15 is 0 Å². The van der Waals surface area contributed by atoms with Crippen molar-refractivity contribution in [2.75, 3.05) is 11.5 Å². The molecule has 1 unspecified atom stereocenters. The molecule has 0 saturated heterocycles. The Balaban J connectivity index is 2.69. The van der Waals surface area contributed by atoms with Crippen LogP contribution in [0.3, 0.4) is 0 Å². The van der Waals surface area contributed by atoms with E-state index in [-0.39, 0.29) is 11.8 Å². The van der Waals surface area contributed by atoms with Crippen LogP contribution in [-0.2, 0) is 14.6 Å². The lowest BCUT2D eigenvalue weighted by Gasteiger charge is -2.16. The van der Waals surface area contributed by atoms with Gasteiger partial charge in [-0.25, -0.2) is 8.42 Å². The summed E-state index contributed by atoms with van der Waals surface area (Å²) in [6, 6.07) is 7.52. The summed E-state index contributed by atoms with van der Waals surface area (Å²) in [6.07, 6.45) is 0. The molecule has 100 valence electrons. The Morgan fingerprint density at radius 2 is 1.94 bits per heavy atom. The Morgan fingerprint density at radius 1 is 1.33 bits per heavy atom. The van der Waals surface area contributed by atoms with Crippen LogP contribution in [-0.4, -0.2) is 25.8 Å². The topological polar surface area (TPSA) is 63.2 Å². The molecule has 0 bridgehead atoms. The van der Waals surface area contributed by atoms with Crippen molar-refractivity contribution in [2.45, 2.75) is 26.8 Å². The minimum absolute atomic E-state index is 0.0147. The number of nitrogens with one attached hydrogen (secondary N) is 1. The number of sulfone groups is 1. The largest absolute Gasteiger partial charge is 0.349 e. The highest BCUT2D eigenvalue weighted by atomic mass is 32.2. The third-order valence-electron chi connectivity index (χ3n) is 2.82. The van der Waals surface area contributed by atoms with E-state index < -0.39 is 21.5 Å². The maximum Gasteiger partial charge on any atom is 0.235 e. The molecular formula is C13H19NO3S. The fraction of sp³-hybridized carbons (Fsp3) is 0.462. The molecule has 0 spiro atoms. The summed E-state index contributed by atoms with van der Waals surface area (Å²) in [6.45, 7) is 5.34. The van der Waals surface area contributed by atoms with Gasteiger partial charge in [0.2, 0.25) is 5.91 Å². The van der Waals surface area contributed by atoms with Crippen molar-refractivity contribution in [3.8, 4) is 0 Å². The van der Waals surface area contributed by atoms with Crippen molar-refractivity contribution in [3.63, 3.8) is 0 Å². The van der Waals surface area contributed by atoms with Gasteiger partial charge in [0, 0.05) is 5.75 Å². The number of hydrogen-bond donors (Lipinski definition) is 1. The smallest absolute Gasteiger partial charge is 0.235 e. The highest BCUT2D eigenvalue weighted by Gasteiger charge is 2.17. The van der Waals surface area contributed by atoms with Gasteiger partial charge < -0.3 is 5.32 Å². The van der Waals surface area contributed by atoms with Gasteiger partial charge in [-0.15, -0.1) is 0 Å². The summed E-state index contributed by atoms with van der Waals surface area (Å²) in [5, 5.41) is 2.71. The van der Waals surface area contributed by atoms with E-state index in [2.05, 4.69) is 5.32 Å². The second-order valence-corrected chi connectivity index (χ2v) is 6.68. The Kier molecular flexibility index (Phi) is 4.90. The number of rotatable bonds is 5. The van der Waals surface area contributed by atoms with Gasteiger partial charge in [-0.05, 0) is 25.0 Å². The molecule has 0 heterocycles. The quantitative estimate of drug-likeness (QED) is 0.883. The van der Waals surface area contributed by atoms with Crippen LogP contribution in [0.4, 0.5) is 0 Å². The first-order valence-electron chi connectivity index (χ1n) is 5.91. The lowest BCUT2D eigenvalue weighted by Crippen LogP contribution is -2.33. The van der Waals surface area contributed by atoms with Crippen LogP contribution in [0.25, 0.3) is 0 Å². The van der Waals surface area contributed by atoms with Gasteiger partial charge in [0.05, 0.1) is 6.04 Å². The lowest BCUT2D eigenvalue weighted by atomic mass is 10.0. The van der Waals surface area contributed by atoms with Crippen molar-refractivity contribution in [1.29, 1.82) is 0 Å². The number of amides is 1. The van der Waals surface area contributed by atoms with Crippen LogP contribution < -0.4 is 5.32 Å². The van der Waals surface area contributed by atoms with Crippen LogP contribution in [0, 0.1) is 6.92 Å². The molecule has 0 radical (unpaired) electrons. The molecule has 5 heteroatoms. The van der Waals surface area contributed by atoms with Crippen molar-refractivity contribution in [2.24, 2.45) is 0 Å². The molecule has 4 nitrogen and oxygen atoms in total. The van der Waals surface area contributed by atoms with Gasteiger partial charge in [0.1, 0.15) is 5.75 Å². The Morgan fingerprint density at radius 3 is 2.50 bits per heavy atom. The molecule has 0 saturated carbocycles. The molecule has 1 aromatic carbocycles. The van der Waals surface area contributed by atoms with E-state index in [9.17, 15) is 13.2 Å². The number of benzene rings is 1. The van der Waals surface area contributed by atoms with E-state index in [4.69, 9.17) is 0 Å². The van der Waals surface area contributed by atoms with Crippen LogP contribution in [0.5, 0.6) is 0 Å². The maximum absolute atomic E-state index is 11.6. The van der Waals surface area contributed by atoms with Crippen LogP contribution in [0.2, 0.25) is 0 Å². The minimum atomic E-state index is -3.27. The lowest BCUT2D eigenvalue weighted by molar-refractivity contribution is -0.119. The summed E-state index contributed by atoms with van der Waals surface area (Å²) < 4.78 is 22.7. The van der Waals surface area contributed by atoms with Crippen LogP contribution in [0.15, 0.2) is 24.3 Å². The normalized spacial score (nSPS) is 13.1. The average Bonchev–Trinajstić information content (AvgIpc) is 2.28. The van der Waals surface area contributed by atoms with Crippen molar-refractivity contribution < 1.29 is 13.2 Å². The van der Waals surface area contributed by atoms with E-state index in [1.165, 1.54) is 6.92 Å². The summed E-state index contributed by atoms with van der Waals surface area (Å²) in [4.78, 5) is 11.6. The monoisotopic (exact) mass is 269 g/mol. The van der Waals surface area contributed by atoms with E-state index in [1.807, 2.05) is 38.1 Å². The van der Waals surface area contributed by atoms with Gasteiger partial charge in [-0.2, -0.15) is 0 Å². The van der Waals surface area contributed by atoms with E-state index in [0.717, 1.165) is 11.1 Å². The minimum Gasteiger partial charge on any atom is -0.349 e. The Bertz CT molecular complexity index is 523. The van der Waals surface area contributed by atoms with Crippen LogP contribution in [0.1, 0.15) is 31.0 Å². The molecule has 1 atom stereocenters. The molecule has 1 aromatic rings. The van der Waals surface area contributed by atoms with Crippen molar-refractivity contribution in [1.82, 2.24) is 5.32 Å². The number of aryl methyl sites for hydroxylation is 1. The first-order valence-corrected chi connectivity index (χ1v) is 7.73. The SMILES string of the molecule is CCS(=O)(=O)CC(=O)NC(C)c1ccccc1C. The fourth-order valence-corrected chi connectivity index (χ4v) is 2.42. The summed E-state index contributed by atoms with van der Waals surface area (Å²) in [5.74, 6) is -0.911. The number of carbonyl (C=O) groups is 1. The van der Waals surface area contributed by atoms with E-state index in [1.54, 1.807) is 0 Å². The molecule has 0 aromatic heterocycles. The summed E-state index contributed by atoms with van der Waals surface area (Å²) in [5.41, 5.74) is 2.07. The Labute approximate surface area is 108 Å². The first-order chi connectivity index (χ1) is 8.35. The molecule has 0 fully saturated rings. The van der Waals surface area contributed by atoms with Gasteiger partial charge in [0.25, 0.3) is 0 Å². The Hall–Kier alpha value is -1.36. The zero-order valence-electron chi connectivity index (χ0n) is 10.9.